The Labute approximate surface area is 134 Å². The van der Waals surface area contributed by atoms with Crippen LogP contribution in [0.1, 0.15) is 38.3 Å². The van der Waals surface area contributed by atoms with Crippen LogP contribution in [0.2, 0.25) is 0 Å². The van der Waals surface area contributed by atoms with Crippen molar-refractivity contribution in [3.8, 4) is 0 Å². The van der Waals surface area contributed by atoms with Crippen LogP contribution in [0.15, 0.2) is 35.5 Å². The summed E-state index contributed by atoms with van der Waals surface area (Å²) in [7, 11) is 0. The monoisotopic (exact) mass is 318 g/mol. The third kappa shape index (κ3) is 2.74. The van der Waals surface area contributed by atoms with Gasteiger partial charge in [0.1, 0.15) is 5.82 Å². The van der Waals surface area contributed by atoms with Gasteiger partial charge in [-0.2, -0.15) is 0 Å². The number of amides is 1. The third-order valence-corrected chi connectivity index (χ3v) is 4.32. The van der Waals surface area contributed by atoms with Gasteiger partial charge in [0.05, 0.1) is 23.9 Å². The summed E-state index contributed by atoms with van der Waals surface area (Å²) in [4.78, 5) is 24.2. The molecule has 122 valence electrons. The minimum atomic E-state index is -0.401. The highest BCUT2D eigenvalue weighted by molar-refractivity contribution is 5.90. The molecule has 0 saturated carbocycles. The molecule has 0 aromatic heterocycles. The van der Waals surface area contributed by atoms with E-state index in [0.717, 1.165) is 5.56 Å². The van der Waals surface area contributed by atoms with Crippen molar-refractivity contribution in [2.45, 2.75) is 32.7 Å². The van der Waals surface area contributed by atoms with Crippen molar-refractivity contribution in [2.75, 3.05) is 13.2 Å². The minimum absolute atomic E-state index is 0.0201. The van der Waals surface area contributed by atoms with Gasteiger partial charge in [-0.25, -0.2) is 19.2 Å². The SMILES string of the molecule is CCOC(=O)/C(C)=C1\CC(c2ccc(F)cc2)N2CCC(=O)N12. The molecule has 0 N–H and O–H groups in total. The Kier molecular flexibility index (Phi) is 4.17. The van der Waals surface area contributed by atoms with Crippen molar-refractivity contribution >= 4 is 11.9 Å². The molecule has 3 rings (SSSR count). The smallest absolute Gasteiger partial charge is 0.335 e. The van der Waals surface area contributed by atoms with Crippen LogP contribution in [0.25, 0.3) is 0 Å². The molecule has 0 bridgehead atoms. The molecular weight excluding hydrogens is 299 g/mol. The summed E-state index contributed by atoms with van der Waals surface area (Å²) in [5.41, 5.74) is 2.06. The topological polar surface area (TPSA) is 49.9 Å². The van der Waals surface area contributed by atoms with Crippen LogP contribution >= 0.6 is 0 Å². The number of rotatable bonds is 3. The highest BCUT2D eigenvalue weighted by atomic mass is 19.1. The highest BCUT2D eigenvalue weighted by Crippen LogP contribution is 2.43. The van der Waals surface area contributed by atoms with Crippen molar-refractivity contribution < 1.29 is 18.7 Å². The number of carbonyl (C=O) groups excluding carboxylic acids is 2. The van der Waals surface area contributed by atoms with Gasteiger partial charge in [-0.1, -0.05) is 12.1 Å². The zero-order valence-corrected chi connectivity index (χ0v) is 13.2. The first-order valence-corrected chi connectivity index (χ1v) is 7.74. The summed E-state index contributed by atoms with van der Waals surface area (Å²) in [6, 6.07) is 6.21. The lowest BCUT2D eigenvalue weighted by Gasteiger charge is -2.25. The van der Waals surface area contributed by atoms with Crippen molar-refractivity contribution in [3.05, 3.63) is 46.9 Å². The molecule has 1 aromatic rings. The van der Waals surface area contributed by atoms with Crippen LogP contribution in [0.5, 0.6) is 0 Å². The Balaban J connectivity index is 1.97. The molecular formula is C17H19FN2O3. The molecule has 2 heterocycles. The molecule has 5 nitrogen and oxygen atoms in total. The van der Waals surface area contributed by atoms with Gasteiger partial charge in [-0.05, 0) is 31.5 Å². The Morgan fingerprint density at radius 1 is 1.35 bits per heavy atom. The molecule has 0 spiro atoms. The molecule has 0 aliphatic carbocycles. The van der Waals surface area contributed by atoms with Gasteiger partial charge in [0.25, 0.3) is 0 Å². The van der Waals surface area contributed by atoms with E-state index in [9.17, 15) is 14.0 Å². The number of fused-ring (bicyclic) bond motifs is 1. The maximum atomic E-state index is 13.2. The molecule has 1 amide bonds. The van der Waals surface area contributed by atoms with Gasteiger partial charge < -0.3 is 4.74 Å². The molecule has 6 heteroatoms. The van der Waals surface area contributed by atoms with E-state index in [1.807, 2.05) is 5.01 Å². The Bertz CT molecular complexity index is 669. The maximum absolute atomic E-state index is 13.2. The van der Waals surface area contributed by atoms with Gasteiger partial charge in [-0.3, -0.25) is 4.79 Å². The number of hydrogen-bond acceptors (Lipinski definition) is 4. The first-order valence-electron chi connectivity index (χ1n) is 7.74. The van der Waals surface area contributed by atoms with Crippen molar-refractivity contribution in [3.63, 3.8) is 0 Å². The molecule has 2 aliphatic heterocycles. The number of hydrazine groups is 1. The summed E-state index contributed by atoms with van der Waals surface area (Å²) in [5, 5.41) is 3.55. The summed E-state index contributed by atoms with van der Waals surface area (Å²) < 4.78 is 18.2. The fourth-order valence-electron chi connectivity index (χ4n) is 3.18. The van der Waals surface area contributed by atoms with Crippen LogP contribution in [-0.4, -0.2) is 35.0 Å². The van der Waals surface area contributed by atoms with Crippen LogP contribution in [0.4, 0.5) is 4.39 Å². The predicted molar refractivity (Wildman–Crippen MR) is 81.3 cm³/mol. The Hall–Kier alpha value is -2.21. The Morgan fingerprint density at radius 3 is 2.70 bits per heavy atom. The average molecular weight is 318 g/mol. The molecule has 23 heavy (non-hydrogen) atoms. The molecule has 1 unspecified atom stereocenters. The van der Waals surface area contributed by atoms with Gasteiger partial charge in [0.2, 0.25) is 5.91 Å². The average Bonchev–Trinajstić information content (AvgIpc) is 3.09. The third-order valence-electron chi connectivity index (χ3n) is 4.32. The summed E-state index contributed by atoms with van der Waals surface area (Å²) in [6.07, 6.45) is 0.944. The predicted octanol–water partition coefficient (Wildman–Crippen LogP) is 2.56. The van der Waals surface area contributed by atoms with Gasteiger partial charge in [-0.15, -0.1) is 0 Å². The quantitative estimate of drug-likeness (QED) is 0.635. The lowest BCUT2D eigenvalue weighted by Crippen LogP contribution is -2.33. The largest absolute Gasteiger partial charge is 0.463 e. The Morgan fingerprint density at radius 2 is 2.04 bits per heavy atom. The number of nitrogens with zero attached hydrogens (tertiary/aromatic N) is 2. The zero-order chi connectivity index (χ0) is 16.6. The van der Waals surface area contributed by atoms with E-state index >= 15 is 0 Å². The van der Waals surface area contributed by atoms with Gasteiger partial charge in [0.15, 0.2) is 0 Å². The minimum Gasteiger partial charge on any atom is -0.463 e. The van der Waals surface area contributed by atoms with E-state index < -0.39 is 5.97 Å². The normalized spacial score (nSPS) is 23.2. The van der Waals surface area contributed by atoms with Crippen molar-refractivity contribution in [1.82, 2.24) is 10.0 Å². The molecule has 1 atom stereocenters. The number of ether oxygens (including phenoxy) is 1. The highest BCUT2D eigenvalue weighted by Gasteiger charge is 2.44. The summed E-state index contributed by atoms with van der Waals surface area (Å²) >= 11 is 0. The zero-order valence-electron chi connectivity index (χ0n) is 13.2. The van der Waals surface area contributed by atoms with Gasteiger partial charge >= 0.3 is 5.97 Å². The number of esters is 1. The second-order valence-corrected chi connectivity index (χ2v) is 5.68. The molecule has 1 aromatic carbocycles. The molecule has 2 saturated heterocycles. The first kappa shape index (κ1) is 15.7. The molecule has 2 fully saturated rings. The van der Waals surface area contributed by atoms with E-state index in [0.29, 0.717) is 37.3 Å². The van der Waals surface area contributed by atoms with Crippen LogP contribution in [0.3, 0.4) is 0 Å². The van der Waals surface area contributed by atoms with E-state index in [-0.39, 0.29) is 17.8 Å². The van der Waals surface area contributed by atoms with E-state index in [1.165, 1.54) is 12.1 Å². The fraction of sp³-hybridized carbons (Fsp3) is 0.412. The number of halogens is 1. The lowest BCUT2D eigenvalue weighted by atomic mass is 10.0. The lowest BCUT2D eigenvalue weighted by molar-refractivity contribution is -0.138. The summed E-state index contributed by atoms with van der Waals surface area (Å²) in [5.74, 6) is -0.713. The second-order valence-electron chi connectivity index (χ2n) is 5.68. The van der Waals surface area contributed by atoms with E-state index in [4.69, 9.17) is 4.74 Å². The molecule has 0 radical (unpaired) electrons. The maximum Gasteiger partial charge on any atom is 0.335 e. The standard InChI is InChI=1S/C17H19FN2O3/c1-3-23-17(22)11(2)14-10-15(12-4-6-13(18)7-5-12)19-9-8-16(21)20(14)19/h4-7,15H,3,8-10H2,1-2H3/b14-11+. The van der Waals surface area contributed by atoms with Crippen LogP contribution in [-0.2, 0) is 14.3 Å². The second kappa shape index (κ2) is 6.12. The van der Waals surface area contributed by atoms with Crippen LogP contribution < -0.4 is 0 Å². The van der Waals surface area contributed by atoms with E-state index in [2.05, 4.69) is 0 Å². The number of hydrogen-bond donors (Lipinski definition) is 0. The van der Waals surface area contributed by atoms with Crippen LogP contribution in [0, 0.1) is 5.82 Å². The first-order chi connectivity index (χ1) is 11.0. The summed E-state index contributed by atoms with van der Waals surface area (Å²) in [6.45, 7) is 4.33. The van der Waals surface area contributed by atoms with Gasteiger partial charge in [0, 0.05) is 19.4 Å². The number of benzene rings is 1. The van der Waals surface area contributed by atoms with Crippen molar-refractivity contribution in [2.24, 2.45) is 0 Å². The fourth-order valence-corrected chi connectivity index (χ4v) is 3.18. The number of carbonyl (C=O) groups is 2. The molecule has 2 aliphatic rings. The van der Waals surface area contributed by atoms with E-state index in [1.54, 1.807) is 31.0 Å². The van der Waals surface area contributed by atoms with Crippen molar-refractivity contribution in [1.29, 1.82) is 0 Å².